The average Bonchev–Trinajstić information content (AvgIpc) is 3.09. The molecule has 0 radical (unpaired) electrons. The molecular weight excluding hydrogens is 418 g/mol. The van der Waals surface area contributed by atoms with Crippen LogP contribution in [0.1, 0.15) is 54.8 Å². The van der Waals surface area contributed by atoms with E-state index in [1.807, 2.05) is 48.2 Å². The molecule has 1 fully saturated rings. The van der Waals surface area contributed by atoms with Gasteiger partial charge < -0.3 is 18.8 Å². The van der Waals surface area contributed by atoms with Crippen molar-refractivity contribution in [2.45, 2.75) is 51.5 Å². The standard InChI is InChI=1S/C27H31NO5/c1-18-22-13-12-21(32-3)17-25(22)33-27(30)23(18)14-15-26(29)28-16-6-4-5-7-24(28)19-8-10-20(31-2)11-9-19/h8-13,17,24H,4-7,14-16H2,1-3H3. The fraction of sp³-hybridized carbons (Fsp3) is 0.407. The van der Waals surface area contributed by atoms with Crippen molar-refractivity contribution in [3.8, 4) is 11.5 Å². The van der Waals surface area contributed by atoms with Crippen LogP contribution in [0.15, 0.2) is 51.7 Å². The number of rotatable bonds is 6. The van der Waals surface area contributed by atoms with Gasteiger partial charge in [-0.1, -0.05) is 25.0 Å². The van der Waals surface area contributed by atoms with Crippen molar-refractivity contribution in [3.63, 3.8) is 0 Å². The Balaban J connectivity index is 1.55. The van der Waals surface area contributed by atoms with E-state index in [0.717, 1.165) is 54.5 Å². The van der Waals surface area contributed by atoms with E-state index < -0.39 is 0 Å². The highest BCUT2D eigenvalue weighted by Gasteiger charge is 2.27. The van der Waals surface area contributed by atoms with Gasteiger partial charge in [0, 0.05) is 30.0 Å². The summed E-state index contributed by atoms with van der Waals surface area (Å²) in [6, 6.07) is 13.5. The lowest BCUT2D eigenvalue weighted by Crippen LogP contribution is -2.35. The van der Waals surface area contributed by atoms with Crippen LogP contribution < -0.4 is 15.1 Å². The van der Waals surface area contributed by atoms with Gasteiger partial charge in [0.25, 0.3) is 0 Å². The maximum absolute atomic E-state index is 13.4. The van der Waals surface area contributed by atoms with Crippen LogP contribution in [0.3, 0.4) is 0 Å². The normalized spacial score (nSPS) is 16.5. The number of benzene rings is 2. The van der Waals surface area contributed by atoms with Gasteiger partial charge in [-0.2, -0.15) is 0 Å². The van der Waals surface area contributed by atoms with E-state index in [4.69, 9.17) is 13.9 Å². The first-order valence-electron chi connectivity index (χ1n) is 11.6. The summed E-state index contributed by atoms with van der Waals surface area (Å²) in [6.07, 6.45) is 4.79. The highest BCUT2D eigenvalue weighted by Crippen LogP contribution is 2.32. The molecule has 2 heterocycles. The lowest BCUT2D eigenvalue weighted by atomic mass is 9.99. The molecule has 0 bridgehead atoms. The average molecular weight is 450 g/mol. The minimum Gasteiger partial charge on any atom is -0.497 e. The number of amides is 1. The van der Waals surface area contributed by atoms with E-state index in [1.54, 1.807) is 20.3 Å². The zero-order valence-electron chi connectivity index (χ0n) is 19.6. The summed E-state index contributed by atoms with van der Waals surface area (Å²) in [5.74, 6) is 1.52. The summed E-state index contributed by atoms with van der Waals surface area (Å²) in [6.45, 7) is 2.65. The highest BCUT2D eigenvalue weighted by atomic mass is 16.5. The Bertz CT molecular complexity index is 1180. The third-order valence-electron chi connectivity index (χ3n) is 6.66. The topological polar surface area (TPSA) is 69.0 Å². The van der Waals surface area contributed by atoms with Crippen LogP contribution in [0.2, 0.25) is 0 Å². The van der Waals surface area contributed by atoms with Crippen LogP contribution in [0.25, 0.3) is 11.0 Å². The lowest BCUT2D eigenvalue weighted by molar-refractivity contribution is -0.133. The molecule has 1 unspecified atom stereocenters. The van der Waals surface area contributed by atoms with Crippen LogP contribution in [0.5, 0.6) is 11.5 Å². The summed E-state index contributed by atoms with van der Waals surface area (Å²) in [5.41, 5.74) is 2.67. The van der Waals surface area contributed by atoms with Crippen LogP contribution >= 0.6 is 0 Å². The van der Waals surface area contributed by atoms with Crippen molar-refractivity contribution in [1.82, 2.24) is 4.90 Å². The first kappa shape index (κ1) is 22.9. The molecule has 0 aliphatic carbocycles. The van der Waals surface area contributed by atoms with Gasteiger partial charge in [-0.15, -0.1) is 0 Å². The second-order valence-corrected chi connectivity index (χ2v) is 8.58. The number of carbonyl (C=O) groups excluding carboxylic acids is 1. The van der Waals surface area contributed by atoms with Gasteiger partial charge in [0.05, 0.1) is 20.3 Å². The van der Waals surface area contributed by atoms with E-state index in [2.05, 4.69) is 0 Å². The van der Waals surface area contributed by atoms with Gasteiger partial charge in [0.15, 0.2) is 0 Å². The maximum atomic E-state index is 13.4. The van der Waals surface area contributed by atoms with Crippen molar-refractivity contribution in [1.29, 1.82) is 0 Å². The number of likely N-dealkylation sites (tertiary alicyclic amines) is 1. The number of aryl methyl sites for hydroxylation is 1. The molecule has 2 aromatic carbocycles. The van der Waals surface area contributed by atoms with Crippen LogP contribution in [-0.2, 0) is 11.2 Å². The second-order valence-electron chi connectivity index (χ2n) is 8.58. The fourth-order valence-corrected chi connectivity index (χ4v) is 4.75. The molecule has 1 saturated heterocycles. The molecule has 0 N–H and O–H groups in total. The quantitative estimate of drug-likeness (QED) is 0.484. The van der Waals surface area contributed by atoms with E-state index in [1.165, 1.54) is 0 Å². The summed E-state index contributed by atoms with van der Waals surface area (Å²) < 4.78 is 16.1. The van der Waals surface area contributed by atoms with Gasteiger partial charge in [0.1, 0.15) is 17.1 Å². The fourth-order valence-electron chi connectivity index (χ4n) is 4.75. The summed E-state index contributed by atoms with van der Waals surface area (Å²) >= 11 is 0. The number of hydrogen-bond acceptors (Lipinski definition) is 5. The van der Waals surface area contributed by atoms with E-state index in [9.17, 15) is 9.59 Å². The van der Waals surface area contributed by atoms with Crippen molar-refractivity contribution >= 4 is 16.9 Å². The van der Waals surface area contributed by atoms with Gasteiger partial charge >= 0.3 is 5.63 Å². The molecule has 1 amide bonds. The molecule has 6 nitrogen and oxygen atoms in total. The number of nitrogens with zero attached hydrogens (tertiary/aromatic N) is 1. The smallest absolute Gasteiger partial charge is 0.339 e. The Morgan fingerprint density at radius 1 is 1.03 bits per heavy atom. The summed E-state index contributed by atoms with van der Waals surface area (Å²) in [5, 5.41) is 0.865. The molecule has 0 saturated carbocycles. The number of carbonyl (C=O) groups is 1. The third-order valence-corrected chi connectivity index (χ3v) is 6.66. The predicted octanol–water partition coefficient (Wildman–Crippen LogP) is 5.20. The van der Waals surface area contributed by atoms with E-state index >= 15 is 0 Å². The number of ether oxygens (including phenoxy) is 2. The van der Waals surface area contributed by atoms with Gasteiger partial charge in [-0.3, -0.25) is 4.79 Å². The molecule has 174 valence electrons. The Labute approximate surface area is 194 Å². The van der Waals surface area contributed by atoms with Crippen LogP contribution in [0, 0.1) is 6.92 Å². The molecule has 33 heavy (non-hydrogen) atoms. The third kappa shape index (κ3) is 4.90. The molecule has 3 aromatic rings. The van der Waals surface area contributed by atoms with E-state index in [-0.39, 0.29) is 24.0 Å². The summed E-state index contributed by atoms with van der Waals surface area (Å²) in [4.78, 5) is 28.0. The van der Waals surface area contributed by atoms with Crippen LogP contribution in [0.4, 0.5) is 0 Å². The zero-order valence-corrected chi connectivity index (χ0v) is 19.6. The lowest BCUT2D eigenvalue weighted by Gasteiger charge is -2.31. The Hall–Kier alpha value is -3.28. The molecule has 6 heteroatoms. The maximum Gasteiger partial charge on any atom is 0.339 e. The minimum absolute atomic E-state index is 0.0486. The highest BCUT2D eigenvalue weighted by molar-refractivity contribution is 5.83. The van der Waals surface area contributed by atoms with Gasteiger partial charge in [-0.25, -0.2) is 4.79 Å². The monoisotopic (exact) mass is 449 g/mol. The van der Waals surface area contributed by atoms with Crippen LogP contribution in [-0.4, -0.2) is 31.6 Å². The zero-order chi connectivity index (χ0) is 23.4. The molecule has 1 aromatic heterocycles. The van der Waals surface area contributed by atoms with E-state index in [0.29, 0.717) is 23.3 Å². The molecule has 4 rings (SSSR count). The number of methoxy groups -OCH3 is 2. The van der Waals surface area contributed by atoms with Gasteiger partial charge in [-0.05, 0) is 61.6 Å². The first-order chi connectivity index (χ1) is 16.0. The molecule has 1 aliphatic heterocycles. The first-order valence-corrected chi connectivity index (χ1v) is 11.6. The summed E-state index contributed by atoms with van der Waals surface area (Å²) in [7, 11) is 3.23. The molecule has 0 spiro atoms. The Morgan fingerprint density at radius 3 is 2.48 bits per heavy atom. The van der Waals surface area contributed by atoms with Crippen molar-refractivity contribution in [2.24, 2.45) is 0 Å². The number of hydrogen-bond donors (Lipinski definition) is 0. The Kier molecular flexibility index (Phi) is 7.02. The number of fused-ring (bicyclic) bond motifs is 1. The SMILES string of the molecule is COc1ccc(C2CCCCCN2C(=O)CCc2c(C)c3ccc(OC)cc3oc2=O)cc1. The van der Waals surface area contributed by atoms with Crippen molar-refractivity contribution < 1.29 is 18.7 Å². The van der Waals surface area contributed by atoms with Crippen molar-refractivity contribution in [2.75, 3.05) is 20.8 Å². The van der Waals surface area contributed by atoms with Gasteiger partial charge in [0.2, 0.25) is 5.91 Å². The largest absolute Gasteiger partial charge is 0.497 e. The molecular formula is C27H31NO5. The van der Waals surface area contributed by atoms with Crippen molar-refractivity contribution in [3.05, 3.63) is 69.6 Å². The molecule has 1 aliphatic rings. The second kappa shape index (κ2) is 10.1. The Morgan fingerprint density at radius 2 is 1.76 bits per heavy atom. The molecule has 1 atom stereocenters. The predicted molar refractivity (Wildman–Crippen MR) is 128 cm³/mol. The minimum atomic E-state index is -0.386.